The van der Waals surface area contributed by atoms with Crippen molar-refractivity contribution in [3.05, 3.63) is 6.92 Å². The highest BCUT2D eigenvalue weighted by Gasteiger charge is 2.60. The average molecular weight is 292 g/mol. The van der Waals surface area contributed by atoms with E-state index in [4.69, 9.17) is 4.74 Å². The lowest BCUT2D eigenvalue weighted by Crippen LogP contribution is -2.64. The normalized spacial score (nSPS) is 45.7. The standard InChI is InChI=1S/C18H30NO2/c1-10(2)15-12(4)16(20)19-17(15)21-14-9-11(3)7-8-13(14)18(19,5)6/h10-15,17H,4,7-9H2,1-3,5-6H3/t11-,12+,13-,14-,15-,17+/m1/s1. The van der Waals surface area contributed by atoms with Crippen molar-refractivity contribution in [2.75, 3.05) is 0 Å². The van der Waals surface area contributed by atoms with Gasteiger partial charge in [0, 0.05) is 23.3 Å². The van der Waals surface area contributed by atoms with Crippen molar-refractivity contribution in [3.8, 4) is 0 Å². The molecule has 6 atom stereocenters. The van der Waals surface area contributed by atoms with Crippen LogP contribution in [0.4, 0.5) is 0 Å². The zero-order valence-corrected chi connectivity index (χ0v) is 14.1. The summed E-state index contributed by atoms with van der Waals surface area (Å²) in [6.45, 7) is 15.3. The van der Waals surface area contributed by atoms with E-state index in [1.807, 2.05) is 4.90 Å². The molecule has 21 heavy (non-hydrogen) atoms. The maximum Gasteiger partial charge on any atom is 0.228 e. The van der Waals surface area contributed by atoms with E-state index < -0.39 is 0 Å². The molecule has 0 aromatic rings. The van der Waals surface area contributed by atoms with Gasteiger partial charge in [0.25, 0.3) is 0 Å². The molecule has 3 rings (SSSR count). The number of hydrogen-bond donors (Lipinski definition) is 0. The summed E-state index contributed by atoms with van der Waals surface area (Å²) in [6, 6.07) is 0. The molecule has 2 saturated heterocycles. The smallest absolute Gasteiger partial charge is 0.228 e. The molecule has 0 aromatic carbocycles. The van der Waals surface area contributed by atoms with Gasteiger partial charge < -0.3 is 9.64 Å². The Hall–Kier alpha value is -0.570. The van der Waals surface area contributed by atoms with Crippen LogP contribution in [-0.4, -0.2) is 28.7 Å². The van der Waals surface area contributed by atoms with Crippen LogP contribution >= 0.6 is 0 Å². The van der Waals surface area contributed by atoms with Crippen LogP contribution in [0.15, 0.2) is 0 Å². The Balaban J connectivity index is 1.96. The monoisotopic (exact) mass is 292 g/mol. The van der Waals surface area contributed by atoms with Gasteiger partial charge >= 0.3 is 0 Å². The van der Waals surface area contributed by atoms with E-state index in [1.54, 1.807) is 0 Å². The number of ether oxygens (including phenoxy) is 1. The number of nitrogens with zero attached hydrogens (tertiary/aromatic N) is 1. The van der Waals surface area contributed by atoms with Crippen molar-refractivity contribution in [1.29, 1.82) is 0 Å². The first-order valence-corrected chi connectivity index (χ1v) is 8.56. The van der Waals surface area contributed by atoms with Crippen molar-refractivity contribution in [2.45, 2.75) is 71.8 Å². The predicted octanol–water partition coefficient (Wildman–Crippen LogP) is 3.49. The lowest BCUT2D eigenvalue weighted by atomic mass is 9.69. The molecule has 2 heterocycles. The lowest BCUT2D eigenvalue weighted by Gasteiger charge is -2.56. The molecule has 3 heteroatoms. The Kier molecular flexibility index (Phi) is 3.63. The number of fused-ring (bicyclic) bond motifs is 2. The Morgan fingerprint density at radius 2 is 2.00 bits per heavy atom. The molecule has 3 aliphatic rings. The van der Waals surface area contributed by atoms with E-state index in [0.29, 0.717) is 17.9 Å². The summed E-state index contributed by atoms with van der Waals surface area (Å²) in [7, 11) is 0. The Morgan fingerprint density at radius 1 is 1.33 bits per heavy atom. The van der Waals surface area contributed by atoms with Crippen LogP contribution in [0.5, 0.6) is 0 Å². The molecule has 0 aromatic heterocycles. The van der Waals surface area contributed by atoms with Gasteiger partial charge in [-0.3, -0.25) is 4.79 Å². The number of rotatable bonds is 1. The molecule has 0 unspecified atom stereocenters. The minimum Gasteiger partial charge on any atom is -0.354 e. The van der Waals surface area contributed by atoms with Gasteiger partial charge in [-0.25, -0.2) is 0 Å². The summed E-state index contributed by atoms with van der Waals surface area (Å²) in [5, 5.41) is 0. The van der Waals surface area contributed by atoms with Crippen LogP contribution in [0.1, 0.15) is 53.9 Å². The van der Waals surface area contributed by atoms with Crippen LogP contribution in [0, 0.1) is 36.5 Å². The second-order valence-corrected chi connectivity index (χ2v) is 8.38. The molecule has 3 fully saturated rings. The molecule has 1 radical (unpaired) electrons. The zero-order valence-electron chi connectivity index (χ0n) is 14.1. The Bertz CT molecular complexity index is 431. The highest BCUT2D eigenvalue weighted by Crippen LogP contribution is 2.51. The molecule has 0 N–H and O–H groups in total. The molecule has 2 aliphatic heterocycles. The topological polar surface area (TPSA) is 29.5 Å². The molecular formula is C18H30NO2. The minimum absolute atomic E-state index is 0.0680. The molecule has 0 bridgehead atoms. The largest absolute Gasteiger partial charge is 0.354 e. The van der Waals surface area contributed by atoms with Crippen molar-refractivity contribution < 1.29 is 9.53 Å². The second-order valence-electron chi connectivity index (χ2n) is 8.38. The van der Waals surface area contributed by atoms with Gasteiger partial charge in [-0.05, 0) is 45.4 Å². The number of amides is 1. The summed E-state index contributed by atoms with van der Waals surface area (Å²) in [5.74, 6) is 1.87. The van der Waals surface area contributed by atoms with E-state index in [-0.39, 0.29) is 29.5 Å². The third-order valence-electron chi connectivity index (χ3n) is 6.27. The number of carbonyl (C=O) groups is 1. The van der Waals surface area contributed by atoms with E-state index >= 15 is 0 Å². The van der Waals surface area contributed by atoms with E-state index in [9.17, 15) is 4.79 Å². The average Bonchev–Trinajstić information content (AvgIpc) is 2.61. The van der Waals surface area contributed by atoms with E-state index in [0.717, 1.165) is 12.3 Å². The zero-order chi connectivity index (χ0) is 15.5. The molecule has 3 nitrogen and oxygen atoms in total. The van der Waals surface area contributed by atoms with Gasteiger partial charge in [0.15, 0.2) is 0 Å². The van der Waals surface area contributed by atoms with Crippen LogP contribution in [0.3, 0.4) is 0 Å². The van der Waals surface area contributed by atoms with Gasteiger partial charge in [0.05, 0.1) is 6.10 Å². The van der Waals surface area contributed by atoms with Crippen LogP contribution < -0.4 is 0 Å². The van der Waals surface area contributed by atoms with Gasteiger partial charge in [-0.15, -0.1) is 0 Å². The summed E-state index contributed by atoms with van der Waals surface area (Å²) in [5.41, 5.74) is -0.107. The molecular weight excluding hydrogens is 262 g/mol. The summed E-state index contributed by atoms with van der Waals surface area (Å²) in [6.07, 6.45) is 3.80. The molecule has 1 amide bonds. The van der Waals surface area contributed by atoms with Crippen LogP contribution in [-0.2, 0) is 9.53 Å². The molecule has 1 aliphatic carbocycles. The Labute approximate surface area is 129 Å². The first kappa shape index (κ1) is 15.3. The molecule has 0 spiro atoms. The SMILES string of the molecule is [CH2][C@@H]1C(=O)N2[C@@H](O[C@@H]3C[C@H](C)CC[C@H]3C2(C)C)[C@@H]1C(C)C. The maximum atomic E-state index is 12.8. The fraction of sp³-hybridized carbons (Fsp3) is 0.889. The molecule has 1 saturated carbocycles. The fourth-order valence-electron chi connectivity index (χ4n) is 5.04. The van der Waals surface area contributed by atoms with Crippen molar-refractivity contribution in [1.82, 2.24) is 4.90 Å². The predicted molar refractivity (Wildman–Crippen MR) is 83.3 cm³/mol. The third-order valence-corrected chi connectivity index (χ3v) is 6.27. The van der Waals surface area contributed by atoms with Gasteiger partial charge in [-0.1, -0.05) is 27.2 Å². The summed E-state index contributed by atoms with van der Waals surface area (Å²) >= 11 is 0. The summed E-state index contributed by atoms with van der Waals surface area (Å²) in [4.78, 5) is 14.8. The maximum absolute atomic E-state index is 12.8. The van der Waals surface area contributed by atoms with Crippen molar-refractivity contribution in [2.24, 2.45) is 29.6 Å². The highest BCUT2D eigenvalue weighted by atomic mass is 16.5. The summed E-state index contributed by atoms with van der Waals surface area (Å²) < 4.78 is 6.50. The van der Waals surface area contributed by atoms with Crippen LogP contribution in [0.2, 0.25) is 0 Å². The van der Waals surface area contributed by atoms with E-state index in [2.05, 4.69) is 41.5 Å². The Morgan fingerprint density at radius 3 is 2.62 bits per heavy atom. The quantitative estimate of drug-likeness (QED) is 0.740. The first-order chi connectivity index (χ1) is 9.75. The highest BCUT2D eigenvalue weighted by molar-refractivity contribution is 5.83. The number of carbonyl (C=O) groups excluding carboxylic acids is 1. The van der Waals surface area contributed by atoms with Gasteiger partial charge in [0.1, 0.15) is 6.23 Å². The number of hydrogen-bond acceptors (Lipinski definition) is 2. The third kappa shape index (κ3) is 2.15. The van der Waals surface area contributed by atoms with E-state index in [1.165, 1.54) is 12.8 Å². The van der Waals surface area contributed by atoms with Gasteiger partial charge in [-0.2, -0.15) is 0 Å². The second kappa shape index (κ2) is 4.97. The lowest BCUT2D eigenvalue weighted by molar-refractivity contribution is -0.230. The van der Waals surface area contributed by atoms with Crippen LogP contribution in [0.25, 0.3) is 0 Å². The van der Waals surface area contributed by atoms with Gasteiger partial charge in [0.2, 0.25) is 5.91 Å². The van der Waals surface area contributed by atoms with Crippen molar-refractivity contribution in [3.63, 3.8) is 0 Å². The minimum atomic E-state index is -0.160. The first-order valence-electron chi connectivity index (χ1n) is 8.56. The molecule has 119 valence electrons. The van der Waals surface area contributed by atoms with Crippen molar-refractivity contribution >= 4 is 5.91 Å². The fourth-order valence-corrected chi connectivity index (χ4v) is 5.04.